The molecular formula is C20H27FN4O. The Kier molecular flexibility index (Phi) is 5.71. The predicted octanol–water partition coefficient (Wildman–Crippen LogP) is 2.84. The average Bonchev–Trinajstić information content (AvgIpc) is 2.83. The van der Waals surface area contributed by atoms with Crippen LogP contribution in [0, 0.1) is 5.82 Å². The van der Waals surface area contributed by atoms with Gasteiger partial charge in [0.05, 0.1) is 30.7 Å². The monoisotopic (exact) mass is 358 g/mol. The number of halogens is 1. The molecule has 140 valence electrons. The van der Waals surface area contributed by atoms with Crippen LogP contribution < -0.4 is 0 Å². The number of carbonyl (C=O) groups is 1. The Labute approximate surface area is 154 Å². The predicted molar refractivity (Wildman–Crippen MR) is 99.0 cm³/mol. The van der Waals surface area contributed by atoms with E-state index >= 15 is 0 Å². The number of aryl methyl sites for hydroxylation is 1. The molecule has 2 heterocycles. The van der Waals surface area contributed by atoms with Crippen LogP contribution in [0.15, 0.2) is 30.6 Å². The van der Waals surface area contributed by atoms with E-state index in [-0.39, 0.29) is 18.1 Å². The highest BCUT2D eigenvalue weighted by molar-refractivity contribution is 5.78. The second kappa shape index (κ2) is 7.99. The second-order valence-electron chi connectivity index (χ2n) is 7.32. The first-order valence-corrected chi connectivity index (χ1v) is 9.19. The van der Waals surface area contributed by atoms with Crippen LogP contribution in [0.5, 0.6) is 0 Å². The molecule has 0 saturated carbocycles. The van der Waals surface area contributed by atoms with Gasteiger partial charge in [-0.3, -0.25) is 9.69 Å². The van der Waals surface area contributed by atoms with Gasteiger partial charge in [0.15, 0.2) is 0 Å². The van der Waals surface area contributed by atoms with Crippen LogP contribution in [-0.2, 0) is 30.8 Å². The molecule has 0 aliphatic carbocycles. The van der Waals surface area contributed by atoms with Crippen molar-refractivity contribution in [2.45, 2.75) is 52.4 Å². The van der Waals surface area contributed by atoms with Crippen molar-refractivity contribution in [3.05, 3.63) is 53.4 Å². The van der Waals surface area contributed by atoms with Gasteiger partial charge in [-0.15, -0.1) is 0 Å². The smallest absolute Gasteiger partial charge is 0.227 e. The third-order valence-electron chi connectivity index (χ3n) is 5.08. The van der Waals surface area contributed by atoms with Gasteiger partial charge >= 0.3 is 0 Å². The van der Waals surface area contributed by atoms with Crippen LogP contribution in [0.1, 0.15) is 37.2 Å². The van der Waals surface area contributed by atoms with E-state index in [2.05, 4.69) is 35.3 Å². The minimum atomic E-state index is -0.303. The van der Waals surface area contributed by atoms with Gasteiger partial charge in [-0.25, -0.2) is 9.37 Å². The fraction of sp³-hybridized carbons (Fsp3) is 0.500. The van der Waals surface area contributed by atoms with Crippen molar-refractivity contribution >= 4 is 5.91 Å². The molecule has 0 fully saturated rings. The number of imidazole rings is 1. The number of rotatable bonds is 5. The number of hydrogen-bond donors (Lipinski definition) is 0. The van der Waals surface area contributed by atoms with Crippen LogP contribution in [0.4, 0.5) is 4.39 Å². The lowest BCUT2D eigenvalue weighted by molar-refractivity contribution is -0.131. The molecule has 1 amide bonds. The Morgan fingerprint density at radius 1 is 1.35 bits per heavy atom. The van der Waals surface area contributed by atoms with Crippen molar-refractivity contribution in [3.63, 3.8) is 0 Å². The van der Waals surface area contributed by atoms with Gasteiger partial charge in [0.25, 0.3) is 0 Å². The van der Waals surface area contributed by atoms with Crippen molar-refractivity contribution in [2.24, 2.45) is 0 Å². The maximum atomic E-state index is 13.4. The van der Waals surface area contributed by atoms with E-state index in [1.807, 2.05) is 11.2 Å². The summed E-state index contributed by atoms with van der Waals surface area (Å²) >= 11 is 0. The highest BCUT2D eigenvalue weighted by Crippen LogP contribution is 2.19. The number of nitrogens with zero attached hydrogens (tertiary/aromatic N) is 4. The summed E-state index contributed by atoms with van der Waals surface area (Å²) in [6, 6.07) is 6.71. The molecule has 1 aliphatic heterocycles. The van der Waals surface area contributed by atoms with Crippen LogP contribution in [0.2, 0.25) is 0 Å². The van der Waals surface area contributed by atoms with E-state index in [9.17, 15) is 9.18 Å². The standard InChI is InChI=1S/C20H27FN4O/c1-15(2)23(3)12-18-19-13-24(8-5-9-25(19)14-22-18)20(26)11-16-6-4-7-17(21)10-16/h4,6-7,10,14-15H,5,8-9,11-13H2,1-3H3. The zero-order valence-electron chi connectivity index (χ0n) is 15.8. The second-order valence-corrected chi connectivity index (χ2v) is 7.32. The molecule has 0 radical (unpaired) electrons. The summed E-state index contributed by atoms with van der Waals surface area (Å²) in [7, 11) is 2.08. The van der Waals surface area contributed by atoms with E-state index in [1.165, 1.54) is 12.1 Å². The summed E-state index contributed by atoms with van der Waals surface area (Å²) in [5, 5.41) is 0. The van der Waals surface area contributed by atoms with Crippen molar-refractivity contribution in [2.75, 3.05) is 13.6 Å². The average molecular weight is 358 g/mol. The maximum Gasteiger partial charge on any atom is 0.227 e. The van der Waals surface area contributed by atoms with E-state index in [4.69, 9.17) is 0 Å². The molecule has 1 aromatic carbocycles. The summed E-state index contributed by atoms with van der Waals surface area (Å²) in [6.45, 7) is 7.24. The zero-order valence-corrected chi connectivity index (χ0v) is 15.8. The van der Waals surface area contributed by atoms with E-state index in [0.29, 0.717) is 18.2 Å². The van der Waals surface area contributed by atoms with Gasteiger partial charge in [0, 0.05) is 25.7 Å². The molecule has 0 spiro atoms. The Morgan fingerprint density at radius 3 is 2.88 bits per heavy atom. The molecule has 0 bridgehead atoms. The molecule has 6 heteroatoms. The number of fused-ring (bicyclic) bond motifs is 1. The summed E-state index contributed by atoms with van der Waals surface area (Å²) < 4.78 is 15.5. The molecule has 1 aliphatic rings. The number of hydrogen-bond acceptors (Lipinski definition) is 3. The maximum absolute atomic E-state index is 13.4. The van der Waals surface area contributed by atoms with Crippen molar-refractivity contribution in [1.29, 1.82) is 0 Å². The van der Waals surface area contributed by atoms with Crippen molar-refractivity contribution in [1.82, 2.24) is 19.4 Å². The van der Waals surface area contributed by atoms with Gasteiger partial charge in [-0.2, -0.15) is 0 Å². The molecule has 1 aromatic heterocycles. The molecule has 0 N–H and O–H groups in total. The molecule has 3 rings (SSSR count). The number of aromatic nitrogens is 2. The first-order valence-electron chi connectivity index (χ1n) is 9.19. The molecule has 0 unspecified atom stereocenters. The Hall–Kier alpha value is -2.21. The SMILES string of the molecule is CC(C)N(C)Cc1ncn2c1CN(C(=O)Cc1cccc(F)c1)CCC2. The Morgan fingerprint density at radius 2 is 2.15 bits per heavy atom. The fourth-order valence-corrected chi connectivity index (χ4v) is 3.21. The van der Waals surface area contributed by atoms with E-state index in [1.54, 1.807) is 12.1 Å². The molecule has 0 saturated heterocycles. The van der Waals surface area contributed by atoms with Crippen molar-refractivity contribution in [3.8, 4) is 0 Å². The molecule has 2 aromatic rings. The first-order chi connectivity index (χ1) is 12.4. The number of benzene rings is 1. The van der Waals surface area contributed by atoms with Gasteiger partial charge in [0.1, 0.15) is 5.82 Å². The largest absolute Gasteiger partial charge is 0.336 e. The first kappa shape index (κ1) is 18.6. The van der Waals surface area contributed by atoms with E-state index in [0.717, 1.165) is 37.4 Å². The van der Waals surface area contributed by atoms with Gasteiger partial charge in [-0.1, -0.05) is 12.1 Å². The number of carbonyl (C=O) groups excluding carboxylic acids is 1. The third-order valence-corrected chi connectivity index (χ3v) is 5.08. The lowest BCUT2D eigenvalue weighted by Crippen LogP contribution is -2.33. The van der Waals surface area contributed by atoms with Crippen molar-refractivity contribution < 1.29 is 9.18 Å². The highest BCUT2D eigenvalue weighted by atomic mass is 19.1. The topological polar surface area (TPSA) is 41.4 Å². The minimum Gasteiger partial charge on any atom is -0.336 e. The molecule has 0 atom stereocenters. The fourth-order valence-electron chi connectivity index (χ4n) is 3.21. The van der Waals surface area contributed by atoms with Gasteiger partial charge < -0.3 is 9.47 Å². The number of amides is 1. The molecule has 5 nitrogen and oxygen atoms in total. The minimum absolute atomic E-state index is 0.0356. The highest BCUT2D eigenvalue weighted by Gasteiger charge is 2.23. The van der Waals surface area contributed by atoms with Gasteiger partial charge in [-0.05, 0) is 45.0 Å². The lowest BCUT2D eigenvalue weighted by atomic mass is 10.1. The van der Waals surface area contributed by atoms with Crippen LogP contribution in [0.3, 0.4) is 0 Å². The lowest BCUT2D eigenvalue weighted by Gasteiger charge is -2.23. The normalized spacial score (nSPS) is 14.6. The van der Waals surface area contributed by atoms with Crippen LogP contribution >= 0.6 is 0 Å². The third kappa shape index (κ3) is 4.30. The summed E-state index contributed by atoms with van der Waals surface area (Å²) in [4.78, 5) is 21.5. The van der Waals surface area contributed by atoms with Gasteiger partial charge in [0.2, 0.25) is 5.91 Å². The zero-order chi connectivity index (χ0) is 18.7. The van der Waals surface area contributed by atoms with Crippen LogP contribution in [0.25, 0.3) is 0 Å². The Bertz CT molecular complexity index is 771. The quantitative estimate of drug-likeness (QED) is 0.825. The summed E-state index contributed by atoms with van der Waals surface area (Å²) in [5.74, 6) is -0.267. The molecule has 26 heavy (non-hydrogen) atoms. The molecular weight excluding hydrogens is 331 g/mol. The van der Waals surface area contributed by atoms with Crippen LogP contribution in [-0.4, -0.2) is 44.9 Å². The van der Waals surface area contributed by atoms with E-state index < -0.39 is 0 Å². The summed E-state index contributed by atoms with van der Waals surface area (Å²) in [5.41, 5.74) is 2.86. The Balaban J connectivity index is 1.74. The summed E-state index contributed by atoms with van der Waals surface area (Å²) in [6.07, 6.45) is 3.02.